The van der Waals surface area contributed by atoms with Gasteiger partial charge in [0, 0.05) is 10.0 Å². The molecule has 0 spiro atoms. The fourth-order valence-corrected chi connectivity index (χ4v) is 2.08. The van der Waals surface area contributed by atoms with Crippen LogP contribution in [0, 0.1) is 5.82 Å². The maximum Gasteiger partial charge on any atom is 0.123 e. The summed E-state index contributed by atoms with van der Waals surface area (Å²) in [5, 5.41) is 3.45. The maximum atomic E-state index is 13.0. The van der Waals surface area contributed by atoms with E-state index in [4.69, 9.17) is 0 Å². The molecule has 1 nitrogen and oxygen atoms in total. The largest absolute Gasteiger partial charge is 0.312 e. The van der Waals surface area contributed by atoms with Crippen LogP contribution in [0.25, 0.3) is 0 Å². The summed E-state index contributed by atoms with van der Waals surface area (Å²) in [6.45, 7) is 7.50. The first-order valence-corrected chi connectivity index (χ1v) is 6.87. The normalized spacial score (nSPS) is 11.8. The number of hydrogen-bond donors (Lipinski definition) is 1. The number of hydrogen-bond acceptors (Lipinski definition) is 1. The summed E-state index contributed by atoms with van der Waals surface area (Å²) in [4.78, 5) is 0. The van der Waals surface area contributed by atoms with E-state index in [1.54, 1.807) is 12.1 Å². The standard InChI is InChI=1S/C14H21BrFN/c1-14(2,3)17-9-5-4-6-11-10-12(16)7-8-13(11)15/h7-8,10,17H,4-6,9H2,1-3H3. The number of benzene rings is 1. The fourth-order valence-electron chi connectivity index (χ4n) is 1.64. The van der Waals surface area contributed by atoms with Crippen molar-refractivity contribution in [1.82, 2.24) is 5.32 Å². The Kier molecular flexibility index (Phi) is 5.60. The highest BCUT2D eigenvalue weighted by Gasteiger charge is 2.07. The van der Waals surface area contributed by atoms with Crippen molar-refractivity contribution in [3.05, 3.63) is 34.1 Å². The van der Waals surface area contributed by atoms with Gasteiger partial charge >= 0.3 is 0 Å². The third kappa shape index (κ3) is 6.18. The zero-order valence-electron chi connectivity index (χ0n) is 10.8. The molecule has 0 aliphatic carbocycles. The summed E-state index contributed by atoms with van der Waals surface area (Å²) in [6.07, 6.45) is 3.11. The number of aryl methyl sites for hydroxylation is 1. The lowest BCUT2D eigenvalue weighted by atomic mass is 10.1. The molecule has 0 radical (unpaired) electrons. The van der Waals surface area contributed by atoms with Gasteiger partial charge in [0.05, 0.1) is 0 Å². The van der Waals surface area contributed by atoms with Crippen molar-refractivity contribution in [2.75, 3.05) is 6.54 Å². The van der Waals surface area contributed by atoms with E-state index in [0.717, 1.165) is 35.8 Å². The highest BCUT2D eigenvalue weighted by molar-refractivity contribution is 9.10. The number of nitrogens with one attached hydrogen (secondary N) is 1. The van der Waals surface area contributed by atoms with Gasteiger partial charge in [-0.3, -0.25) is 0 Å². The maximum absolute atomic E-state index is 13.0. The molecule has 0 aromatic heterocycles. The Balaban J connectivity index is 2.29. The van der Waals surface area contributed by atoms with Crippen molar-refractivity contribution in [3.8, 4) is 0 Å². The van der Waals surface area contributed by atoms with Crippen LogP contribution in [-0.2, 0) is 6.42 Å². The molecule has 0 saturated heterocycles. The Bertz CT molecular complexity index is 358. The van der Waals surface area contributed by atoms with Gasteiger partial charge in [-0.15, -0.1) is 0 Å². The minimum Gasteiger partial charge on any atom is -0.312 e. The third-order valence-corrected chi connectivity index (χ3v) is 3.31. The van der Waals surface area contributed by atoms with Gasteiger partial charge in [0.1, 0.15) is 5.82 Å². The molecule has 0 aliphatic heterocycles. The minimum atomic E-state index is -0.156. The zero-order chi connectivity index (χ0) is 12.9. The topological polar surface area (TPSA) is 12.0 Å². The second-order valence-corrected chi connectivity index (χ2v) is 6.22. The van der Waals surface area contributed by atoms with Gasteiger partial charge in [-0.25, -0.2) is 4.39 Å². The lowest BCUT2D eigenvalue weighted by molar-refractivity contribution is 0.419. The Morgan fingerprint density at radius 1 is 1.24 bits per heavy atom. The smallest absolute Gasteiger partial charge is 0.123 e. The molecule has 0 aliphatic rings. The van der Waals surface area contributed by atoms with E-state index < -0.39 is 0 Å². The molecule has 3 heteroatoms. The van der Waals surface area contributed by atoms with E-state index in [9.17, 15) is 4.39 Å². The molecule has 0 fully saturated rings. The molecular weight excluding hydrogens is 281 g/mol. The molecule has 1 rings (SSSR count). The van der Waals surface area contributed by atoms with Crippen LogP contribution < -0.4 is 5.32 Å². The van der Waals surface area contributed by atoms with Crippen molar-refractivity contribution < 1.29 is 4.39 Å². The van der Waals surface area contributed by atoms with Gasteiger partial charge < -0.3 is 5.32 Å². The first-order chi connectivity index (χ1) is 7.88. The number of unbranched alkanes of at least 4 members (excludes halogenated alkanes) is 1. The Morgan fingerprint density at radius 3 is 2.59 bits per heavy atom. The molecule has 0 heterocycles. The summed E-state index contributed by atoms with van der Waals surface area (Å²) in [7, 11) is 0. The average molecular weight is 302 g/mol. The van der Waals surface area contributed by atoms with Crippen LogP contribution in [0.5, 0.6) is 0 Å². The predicted octanol–water partition coefficient (Wildman–Crippen LogP) is 4.30. The van der Waals surface area contributed by atoms with Gasteiger partial charge in [0.2, 0.25) is 0 Å². The van der Waals surface area contributed by atoms with Gasteiger partial charge in [0.25, 0.3) is 0 Å². The first-order valence-electron chi connectivity index (χ1n) is 6.07. The molecular formula is C14H21BrFN. The molecule has 1 N–H and O–H groups in total. The quantitative estimate of drug-likeness (QED) is 0.800. The van der Waals surface area contributed by atoms with E-state index in [0.29, 0.717) is 0 Å². The van der Waals surface area contributed by atoms with Gasteiger partial charge in [-0.2, -0.15) is 0 Å². The molecule has 0 atom stereocenters. The number of rotatable bonds is 5. The second-order valence-electron chi connectivity index (χ2n) is 5.37. The second kappa shape index (κ2) is 6.50. The van der Waals surface area contributed by atoms with E-state index in [1.165, 1.54) is 6.07 Å². The van der Waals surface area contributed by atoms with E-state index in [-0.39, 0.29) is 11.4 Å². The van der Waals surface area contributed by atoms with Gasteiger partial charge in [-0.05, 0) is 70.3 Å². The van der Waals surface area contributed by atoms with Crippen molar-refractivity contribution >= 4 is 15.9 Å². The predicted molar refractivity (Wildman–Crippen MR) is 74.8 cm³/mol. The van der Waals surface area contributed by atoms with Crippen LogP contribution in [0.15, 0.2) is 22.7 Å². The van der Waals surface area contributed by atoms with E-state index in [2.05, 4.69) is 42.0 Å². The number of halogens is 2. The van der Waals surface area contributed by atoms with Crippen molar-refractivity contribution in [3.63, 3.8) is 0 Å². The molecule has 1 aromatic rings. The Labute approximate surface area is 112 Å². The van der Waals surface area contributed by atoms with Crippen LogP contribution >= 0.6 is 15.9 Å². The van der Waals surface area contributed by atoms with Gasteiger partial charge in [0.15, 0.2) is 0 Å². The summed E-state index contributed by atoms with van der Waals surface area (Å²) >= 11 is 3.45. The lowest BCUT2D eigenvalue weighted by Gasteiger charge is -2.20. The first kappa shape index (κ1) is 14.7. The summed E-state index contributed by atoms with van der Waals surface area (Å²) < 4.78 is 14.0. The highest BCUT2D eigenvalue weighted by Crippen LogP contribution is 2.19. The third-order valence-electron chi connectivity index (χ3n) is 2.54. The van der Waals surface area contributed by atoms with Crippen LogP contribution in [0.4, 0.5) is 4.39 Å². The minimum absolute atomic E-state index is 0.156. The Morgan fingerprint density at radius 2 is 1.94 bits per heavy atom. The van der Waals surface area contributed by atoms with Gasteiger partial charge in [-0.1, -0.05) is 15.9 Å². The van der Waals surface area contributed by atoms with Crippen LogP contribution in [0.2, 0.25) is 0 Å². The molecule has 96 valence electrons. The highest BCUT2D eigenvalue weighted by atomic mass is 79.9. The molecule has 17 heavy (non-hydrogen) atoms. The van der Waals surface area contributed by atoms with E-state index >= 15 is 0 Å². The molecule has 0 unspecified atom stereocenters. The van der Waals surface area contributed by atoms with Crippen LogP contribution in [0.1, 0.15) is 39.2 Å². The fraction of sp³-hybridized carbons (Fsp3) is 0.571. The van der Waals surface area contributed by atoms with Crippen molar-refractivity contribution in [1.29, 1.82) is 0 Å². The average Bonchev–Trinajstić information content (AvgIpc) is 2.21. The zero-order valence-corrected chi connectivity index (χ0v) is 12.4. The molecule has 0 saturated carbocycles. The SMILES string of the molecule is CC(C)(C)NCCCCc1cc(F)ccc1Br. The monoisotopic (exact) mass is 301 g/mol. The lowest BCUT2D eigenvalue weighted by Crippen LogP contribution is -2.36. The summed E-state index contributed by atoms with van der Waals surface area (Å²) in [5.41, 5.74) is 1.24. The van der Waals surface area contributed by atoms with Crippen LogP contribution in [-0.4, -0.2) is 12.1 Å². The van der Waals surface area contributed by atoms with Crippen molar-refractivity contribution in [2.24, 2.45) is 0 Å². The molecule has 0 bridgehead atoms. The van der Waals surface area contributed by atoms with E-state index in [1.807, 2.05) is 0 Å². The molecule has 1 aromatic carbocycles. The summed E-state index contributed by atoms with van der Waals surface area (Å²) in [5.74, 6) is -0.156. The summed E-state index contributed by atoms with van der Waals surface area (Å²) in [6, 6.07) is 4.87. The van der Waals surface area contributed by atoms with Crippen molar-refractivity contribution in [2.45, 2.75) is 45.6 Å². The Hall–Kier alpha value is -0.410. The van der Waals surface area contributed by atoms with Crippen LogP contribution in [0.3, 0.4) is 0 Å². The molecule has 0 amide bonds.